The van der Waals surface area contributed by atoms with Crippen LogP contribution in [0.3, 0.4) is 0 Å². The first-order valence-corrected chi connectivity index (χ1v) is 8.07. The third-order valence-electron chi connectivity index (χ3n) is 3.80. The zero-order valence-corrected chi connectivity index (χ0v) is 12.3. The summed E-state index contributed by atoms with van der Waals surface area (Å²) in [6.45, 7) is 2.13. The molecule has 0 radical (unpaired) electrons. The van der Waals surface area contributed by atoms with Crippen LogP contribution in [0.1, 0.15) is 19.8 Å². The highest BCUT2D eigenvalue weighted by atomic mass is 32.2. The van der Waals surface area contributed by atoms with Gasteiger partial charge in [0.25, 0.3) is 0 Å². The molecule has 1 aliphatic heterocycles. The highest BCUT2D eigenvalue weighted by Gasteiger charge is 2.34. The minimum atomic E-state index is -4.31. The summed E-state index contributed by atoms with van der Waals surface area (Å²) in [6, 6.07) is 0.671. The number of halogens is 3. The normalized spacial score (nSPS) is 19.7. The van der Waals surface area contributed by atoms with Gasteiger partial charge in [0.2, 0.25) is 10.0 Å². The Balaban J connectivity index is 2.28. The van der Waals surface area contributed by atoms with E-state index in [1.807, 2.05) is 6.92 Å². The molecule has 118 valence electrons. The van der Waals surface area contributed by atoms with E-state index in [2.05, 4.69) is 0 Å². The number of hydrogen-bond acceptors (Lipinski definition) is 3. The van der Waals surface area contributed by atoms with Crippen molar-refractivity contribution in [2.24, 2.45) is 11.7 Å². The maximum absolute atomic E-state index is 13.7. The Hall–Kier alpha value is -1.12. The zero-order chi connectivity index (χ0) is 15.8. The van der Waals surface area contributed by atoms with Crippen LogP contribution in [0.4, 0.5) is 13.2 Å². The molecule has 21 heavy (non-hydrogen) atoms. The van der Waals surface area contributed by atoms with Crippen LogP contribution < -0.4 is 5.73 Å². The molecule has 2 rings (SSSR count). The maximum atomic E-state index is 13.7. The van der Waals surface area contributed by atoms with Gasteiger partial charge < -0.3 is 5.73 Å². The molecule has 1 aliphatic rings. The average Bonchev–Trinajstić information content (AvgIpc) is 2.37. The number of nitrogens with zero attached hydrogens (tertiary/aromatic N) is 1. The quantitative estimate of drug-likeness (QED) is 0.924. The largest absolute Gasteiger partial charge is 0.328 e. The van der Waals surface area contributed by atoms with Gasteiger partial charge in [0.1, 0.15) is 17.5 Å². The number of hydrogen-bond donors (Lipinski definition) is 1. The molecule has 2 N–H and O–H groups in total. The van der Waals surface area contributed by atoms with Crippen molar-refractivity contribution in [2.45, 2.75) is 30.7 Å². The first-order valence-electron chi connectivity index (χ1n) is 6.63. The van der Waals surface area contributed by atoms with Gasteiger partial charge in [0.15, 0.2) is 4.90 Å². The van der Waals surface area contributed by atoms with Crippen LogP contribution in [-0.2, 0) is 10.0 Å². The van der Waals surface area contributed by atoms with Gasteiger partial charge in [-0.25, -0.2) is 21.6 Å². The van der Waals surface area contributed by atoms with E-state index in [0.717, 1.165) is 4.31 Å². The molecule has 0 spiro atoms. The molecule has 1 unspecified atom stereocenters. The molecule has 0 aromatic heterocycles. The van der Waals surface area contributed by atoms with Gasteiger partial charge in [-0.15, -0.1) is 0 Å². The molecule has 1 saturated heterocycles. The molecule has 1 heterocycles. The lowest BCUT2D eigenvalue weighted by atomic mass is 9.92. The summed E-state index contributed by atoms with van der Waals surface area (Å²) in [6.07, 6.45) is 1.06. The van der Waals surface area contributed by atoms with Crippen LogP contribution in [0.15, 0.2) is 17.0 Å². The fourth-order valence-electron chi connectivity index (χ4n) is 2.55. The summed E-state index contributed by atoms with van der Waals surface area (Å²) in [7, 11) is -4.31. The monoisotopic (exact) mass is 322 g/mol. The molecule has 0 bridgehead atoms. The lowest BCUT2D eigenvalue weighted by Crippen LogP contribution is -2.42. The van der Waals surface area contributed by atoms with Crippen LogP contribution >= 0.6 is 0 Å². The Morgan fingerprint density at radius 1 is 1.19 bits per heavy atom. The van der Waals surface area contributed by atoms with Crippen molar-refractivity contribution >= 4 is 10.0 Å². The second-order valence-corrected chi connectivity index (χ2v) is 7.17. The van der Waals surface area contributed by atoms with Gasteiger partial charge >= 0.3 is 0 Å². The molecule has 1 atom stereocenters. The lowest BCUT2D eigenvalue weighted by Gasteiger charge is -2.33. The van der Waals surface area contributed by atoms with E-state index in [0.29, 0.717) is 25.0 Å². The minimum Gasteiger partial charge on any atom is -0.328 e. The van der Waals surface area contributed by atoms with E-state index in [1.54, 1.807) is 0 Å². The Bertz CT molecular complexity index is 603. The standard InChI is InChI=1S/C13H17F3N2O2S/c1-8(17)9-2-4-18(5-3-9)21(19,20)13-11(15)6-10(14)7-12(13)16/h6-9H,2-5,17H2,1H3. The zero-order valence-electron chi connectivity index (χ0n) is 11.5. The fourth-order valence-corrected chi connectivity index (χ4v) is 4.11. The maximum Gasteiger partial charge on any atom is 0.248 e. The summed E-state index contributed by atoms with van der Waals surface area (Å²) in [5.41, 5.74) is 5.77. The van der Waals surface area contributed by atoms with Gasteiger partial charge in [0, 0.05) is 31.3 Å². The second kappa shape index (κ2) is 5.94. The van der Waals surface area contributed by atoms with Crippen molar-refractivity contribution in [1.82, 2.24) is 4.31 Å². The van der Waals surface area contributed by atoms with Crippen LogP contribution in [0.2, 0.25) is 0 Å². The van der Waals surface area contributed by atoms with Crippen LogP contribution in [-0.4, -0.2) is 31.9 Å². The molecular formula is C13H17F3N2O2S. The smallest absolute Gasteiger partial charge is 0.248 e. The minimum absolute atomic E-state index is 0.0610. The highest BCUT2D eigenvalue weighted by molar-refractivity contribution is 7.89. The van der Waals surface area contributed by atoms with E-state index in [4.69, 9.17) is 5.73 Å². The molecule has 0 amide bonds. The average molecular weight is 322 g/mol. The Labute approximate surface area is 121 Å². The Morgan fingerprint density at radius 2 is 1.67 bits per heavy atom. The van der Waals surface area contributed by atoms with Crippen molar-refractivity contribution in [3.63, 3.8) is 0 Å². The third-order valence-corrected chi connectivity index (χ3v) is 5.75. The van der Waals surface area contributed by atoms with E-state index >= 15 is 0 Å². The molecule has 8 heteroatoms. The van der Waals surface area contributed by atoms with Crippen LogP contribution in [0.25, 0.3) is 0 Å². The number of sulfonamides is 1. The Kier molecular flexibility index (Phi) is 4.60. The van der Waals surface area contributed by atoms with E-state index < -0.39 is 32.4 Å². The Morgan fingerprint density at radius 3 is 2.10 bits per heavy atom. The molecule has 0 aliphatic carbocycles. The lowest BCUT2D eigenvalue weighted by molar-refractivity contribution is 0.249. The number of piperidine rings is 1. The van der Waals surface area contributed by atoms with Crippen molar-refractivity contribution in [2.75, 3.05) is 13.1 Å². The first kappa shape index (κ1) is 16.3. The molecule has 1 fully saturated rings. The molecule has 4 nitrogen and oxygen atoms in total. The van der Waals surface area contributed by atoms with E-state index in [1.165, 1.54) is 0 Å². The van der Waals surface area contributed by atoms with Gasteiger partial charge in [-0.2, -0.15) is 4.31 Å². The summed E-state index contributed by atoms with van der Waals surface area (Å²) < 4.78 is 65.8. The molecule has 1 aromatic carbocycles. The number of benzene rings is 1. The summed E-state index contributed by atoms with van der Waals surface area (Å²) >= 11 is 0. The van der Waals surface area contributed by atoms with Crippen molar-refractivity contribution in [3.05, 3.63) is 29.6 Å². The van der Waals surface area contributed by atoms with E-state index in [9.17, 15) is 21.6 Å². The third kappa shape index (κ3) is 3.22. The first-order chi connectivity index (χ1) is 9.73. The summed E-state index contributed by atoms with van der Waals surface area (Å²) in [5.74, 6) is -3.80. The SMILES string of the molecule is CC(N)C1CCN(S(=O)(=O)c2c(F)cc(F)cc2F)CC1. The van der Waals surface area contributed by atoms with Gasteiger partial charge in [0.05, 0.1) is 0 Å². The van der Waals surface area contributed by atoms with E-state index in [-0.39, 0.29) is 25.0 Å². The highest BCUT2D eigenvalue weighted by Crippen LogP contribution is 2.28. The van der Waals surface area contributed by atoms with Crippen molar-refractivity contribution in [1.29, 1.82) is 0 Å². The van der Waals surface area contributed by atoms with Gasteiger partial charge in [-0.05, 0) is 25.7 Å². The van der Waals surface area contributed by atoms with Gasteiger partial charge in [-0.3, -0.25) is 0 Å². The second-order valence-electron chi connectivity index (χ2n) is 5.30. The molecular weight excluding hydrogens is 305 g/mol. The fraction of sp³-hybridized carbons (Fsp3) is 0.538. The molecule has 0 saturated carbocycles. The number of rotatable bonds is 3. The number of nitrogens with two attached hydrogens (primary N) is 1. The summed E-state index contributed by atoms with van der Waals surface area (Å²) in [4.78, 5) is -1.09. The predicted molar refractivity (Wildman–Crippen MR) is 71.4 cm³/mol. The van der Waals surface area contributed by atoms with Crippen LogP contribution in [0, 0.1) is 23.4 Å². The van der Waals surface area contributed by atoms with Gasteiger partial charge in [-0.1, -0.05) is 0 Å². The summed E-state index contributed by atoms with van der Waals surface area (Å²) in [5, 5.41) is 0. The van der Waals surface area contributed by atoms with Crippen molar-refractivity contribution < 1.29 is 21.6 Å². The van der Waals surface area contributed by atoms with Crippen LogP contribution in [0.5, 0.6) is 0 Å². The topological polar surface area (TPSA) is 63.4 Å². The predicted octanol–water partition coefficient (Wildman–Crippen LogP) is 1.85. The molecule has 1 aromatic rings. The van der Waals surface area contributed by atoms with Crippen molar-refractivity contribution in [3.8, 4) is 0 Å².